The summed E-state index contributed by atoms with van der Waals surface area (Å²) >= 11 is 3.74. The third kappa shape index (κ3) is 5.91. The zero-order valence-corrected chi connectivity index (χ0v) is 36.2. The van der Waals surface area contributed by atoms with Crippen LogP contribution in [-0.2, 0) is 0 Å². The summed E-state index contributed by atoms with van der Waals surface area (Å²) in [6, 6.07) is 81.5. The Morgan fingerprint density at radius 1 is 0.328 bits per heavy atom. The van der Waals surface area contributed by atoms with Gasteiger partial charge in [-0.1, -0.05) is 170 Å². The van der Waals surface area contributed by atoms with E-state index in [4.69, 9.17) is 4.42 Å². The Morgan fingerprint density at radius 3 is 1.67 bits per heavy atom. The third-order valence-corrected chi connectivity index (χ3v) is 15.0. The largest absolute Gasteiger partial charge is 0.455 e. The maximum Gasteiger partial charge on any atom is 0.143 e. The zero-order chi connectivity index (χ0) is 42.1. The summed E-state index contributed by atoms with van der Waals surface area (Å²) < 4.78 is 12.0. The van der Waals surface area contributed by atoms with Crippen molar-refractivity contribution in [3.8, 4) is 44.5 Å². The van der Waals surface area contributed by atoms with Crippen LogP contribution >= 0.6 is 22.7 Å². The molecule has 0 aliphatic carbocycles. The van der Waals surface area contributed by atoms with Gasteiger partial charge in [-0.15, -0.1) is 22.7 Å². The highest BCUT2D eigenvalue weighted by Gasteiger charge is 2.26. The number of nitrogens with zero attached hydrogens (tertiary/aromatic N) is 1. The fourth-order valence-electron chi connectivity index (χ4n) is 9.76. The lowest BCUT2D eigenvalue weighted by Gasteiger charge is -2.28. The molecule has 0 atom stereocenters. The summed E-state index contributed by atoms with van der Waals surface area (Å²) in [7, 11) is 0. The highest BCUT2D eigenvalue weighted by Crippen LogP contribution is 2.52. The van der Waals surface area contributed by atoms with Crippen LogP contribution in [0.1, 0.15) is 0 Å². The summed E-state index contributed by atoms with van der Waals surface area (Å²) in [5, 5.41) is 7.19. The minimum atomic E-state index is 0.859. The quantitative estimate of drug-likeness (QED) is 0.159. The summed E-state index contributed by atoms with van der Waals surface area (Å²) in [5.74, 6) is 0. The Balaban J connectivity index is 1.14. The lowest BCUT2D eigenvalue weighted by atomic mass is 9.94. The molecule has 0 aliphatic rings. The van der Waals surface area contributed by atoms with Gasteiger partial charge in [0.05, 0.1) is 11.4 Å². The molecule has 3 heterocycles. The molecule has 0 spiro atoms. The zero-order valence-electron chi connectivity index (χ0n) is 34.5. The number of benzene rings is 10. The Morgan fingerprint density at radius 2 is 0.922 bits per heavy atom. The molecule has 0 radical (unpaired) electrons. The van der Waals surface area contributed by atoms with Gasteiger partial charge in [-0.3, -0.25) is 0 Å². The Hall–Kier alpha value is -7.76. The van der Waals surface area contributed by atoms with E-state index < -0.39 is 0 Å². The molecule has 0 aliphatic heterocycles. The molecule has 13 aromatic rings. The Bertz CT molecular complexity index is 3890. The molecule has 2 nitrogen and oxygen atoms in total. The molecule has 3 aromatic heterocycles. The fourth-order valence-corrected chi connectivity index (χ4v) is 12.2. The van der Waals surface area contributed by atoms with Gasteiger partial charge in [0.25, 0.3) is 0 Å². The number of furan rings is 1. The molecule has 0 bridgehead atoms. The molecule has 0 saturated heterocycles. The average Bonchev–Trinajstić information content (AvgIpc) is 4.07. The molecular weight excluding hydrogens is 815 g/mol. The summed E-state index contributed by atoms with van der Waals surface area (Å²) in [5.41, 5.74) is 14.5. The number of hydrogen-bond acceptors (Lipinski definition) is 4. The van der Waals surface area contributed by atoms with Crippen molar-refractivity contribution in [2.45, 2.75) is 0 Å². The molecule has 4 heteroatoms. The van der Waals surface area contributed by atoms with Crippen molar-refractivity contribution in [3.63, 3.8) is 0 Å². The van der Waals surface area contributed by atoms with Crippen LogP contribution < -0.4 is 4.90 Å². The molecule has 13 rings (SSSR count). The van der Waals surface area contributed by atoms with Crippen LogP contribution in [0.25, 0.3) is 107 Å². The van der Waals surface area contributed by atoms with E-state index in [0.717, 1.165) is 61.3 Å². The monoisotopic (exact) mass is 851 g/mol. The topological polar surface area (TPSA) is 16.4 Å². The molecule has 0 N–H and O–H groups in total. The maximum absolute atomic E-state index is 6.97. The maximum atomic E-state index is 6.97. The predicted octanol–water partition coefficient (Wildman–Crippen LogP) is 18.5. The van der Waals surface area contributed by atoms with Gasteiger partial charge in [0.2, 0.25) is 0 Å². The first-order chi connectivity index (χ1) is 31.7. The summed E-state index contributed by atoms with van der Waals surface area (Å²) in [6.45, 7) is 0. The highest BCUT2D eigenvalue weighted by atomic mass is 32.1. The minimum absolute atomic E-state index is 0.859. The Kier molecular flexibility index (Phi) is 8.61. The van der Waals surface area contributed by atoms with Gasteiger partial charge in [0.1, 0.15) is 11.2 Å². The van der Waals surface area contributed by atoms with E-state index in [0.29, 0.717) is 0 Å². The molecule has 0 fully saturated rings. The Labute approximate surface area is 378 Å². The van der Waals surface area contributed by atoms with Gasteiger partial charge >= 0.3 is 0 Å². The second-order valence-electron chi connectivity index (χ2n) is 16.3. The van der Waals surface area contributed by atoms with Crippen LogP contribution in [0.4, 0.5) is 17.1 Å². The van der Waals surface area contributed by atoms with Crippen molar-refractivity contribution in [1.29, 1.82) is 0 Å². The summed E-state index contributed by atoms with van der Waals surface area (Å²) in [4.78, 5) is 2.53. The smallest absolute Gasteiger partial charge is 0.143 e. The van der Waals surface area contributed by atoms with Gasteiger partial charge < -0.3 is 9.32 Å². The molecule has 300 valence electrons. The molecule has 0 unspecified atom stereocenters. The van der Waals surface area contributed by atoms with Crippen LogP contribution in [0.3, 0.4) is 0 Å². The first-order valence-electron chi connectivity index (χ1n) is 21.7. The summed E-state index contributed by atoms with van der Waals surface area (Å²) in [6.07, 6.45) is 0. The van der Waals surface area contributed by atoms with Crippen LogP contribution in [0.5, 0.6) is 0 Å². The number of fused-ring (bicyclic) bond motifs is 9. The van der Waals surface area contributed by atoms with Gasteiger partial charge in [0.15, 0.2) is 0 Å². The van der Waals surface area contributed by atoms with Gasteiger partial charge in [-0.05, 0) is 93.5 Å². The highest BCUT2D eigenvalue weighted by molar-refractivity contribution is 7.26. The number of hydrogen-bond donors (Lipinski definition) is 0. The van der Waals surface area contributed by atoms with E-state index in [1.807, 2.05) is 22.7 Å². The van der Waals surface area contributed by atoms with Gasteiger partial charge in [-0.25, -0.2) is 0 Å². The first kappa shape index (κ1) is 36.9. The van der Waals surface area contributed by atoms with Crippen molar-refractivity contribution < 1.29 is 4.42 Å². The molecule has 0 amide bonds. The van der Waals surface area contributed by atoms with Crippen LogP contribution in [0, 0.1) is 0 Å². The second-order valence-corrected chi connectivity index (χ2v) is 18.5. The number of rotatable bonds is 7. The van der Waals surface area contributed by atoms with Gasteiger partial charge in [0, 0.05) is 62.4 Å². The van der Waals surface area contributed by atoms with Crippen LogP contribution in [0.2, 0.25) is 0 Å². The second kappa shape index (κ2) is 15.0. The van der Waals surface area contributed by atoms with Crippen molar-refractivity contribution in [3.05, 3.63) is 224 Å². The first-order valence-corrected chi connectivity index (χ1v) is 23.3. The molecule has 64 heavy (non-hydrogen) atoms. The van der Waals surface area contributed by atoms with Crippen molar-refractivity contribution in [1.82, 2.24) is 0 Å². The predicted molar refractivity (Wildman–Crippen MR) is 276 cm³/mol. The average molecular weight is 852 g/mol. The van der Waals surface area contributed by atoms with Crippen LogP contribution in [-0.4, -0.2) is 0 Å². The van der Waals surface area contributed by atoms with E-state index in [-0.39, 0.29) is 0 Å². The van der Waals surface area contributed by atoms with E-state index >= 15 is 0 Å². The molecule has 0 saturated carbocycles. The minimum Gasteiger partial charge on any atom is -0.455 e. The normalized spacial score (nSPS) is 11.8. The van der Waals surface area contributed by atoms with Crippen molar-refractivity contribution in [2.75, 3.05) is 4.90 Å². The standard InChI is InChI=1S/C60H37NOS2/c1-5-16-38(17-6-1)42-28-30-48-55(36-42)64-60-46(41-22-11-4-12-23-41)33-34-51(58(48)60)61(50-25-15-27-54-57(50)47-24-13-14-26-53(47)63-54)43-29-35-52-49(37-43)56-44(39-18-7-2-8-19-39)31-32-45(59(56)62-52)40-20-9-3-10-21-40/h1-37H. The number of anilines is 3. The van der Waals surface area contributed by atoms with E-state index in [2.05, 4.69) is 229 Å². The van der Waals surface area contributed by atoms with Crippen LogP contribution in [0.15, 0.2) is 229 Å². The molecule has 10 aromatic carbocycles. The van der Waals surface area contributed by atoms with E-state index in [1.54, 1.807) is 0 Å². The molecular formula is C60H37NOS2. The lowest BCUT2D eigenvalue weighted by Crippen LogP contribution is -2.11. The van der Waals surface area contributed by atoms with Crippen molar-refractivity contribution >= 4 is 102 Å². The third-order valence-electron chi connectivity index (χ3n) is 12.7. The SMILES string of the molecule is c1ccc(-c2ccc3c(c2)sc2c(-c4ccccc4)ccc(N(c4ccc5oc6c(-c7ccccc7)ccc(-c7ccccc7)c6c5c4)c4cccc5sc6ccccc6c45)c23)cc1. The lowest BCUT2D eigenvalue weighted by molar-refractivity contribution is 0.670. The fraction of sp³-hybridized carbons (Fsp3) is 0. The van der Waals surface area contributed by atoms with Crippen molar-refractivity contribution in [2.24, 2.45) is 0 Å². The van der Waals surface area contributed by atoms with E-state index in [1.165, 1.54) is 62.6 Å². The number of thiophene rings is 2. The van der Waals surface area contributed by atoms with E-state index in [9.17, 15) is 0 Å². The van der Waals surface area contributed by atoms with Gasteiger partial charge in [-0.2, -0.15) is 0 Å².